The topological polar surface area (TPSA) is 163 Å². The average molecular weight is 686 g/mol. The number of pyridine rings is 1. The summed E-state index contributed by atoms with van der Waals surface area (Å²) in [4.78, 5) is 52.7. The molecule has 2 aromatic carbocycles. The minimum atomic E-state index is -4.68. The Morgan fingerprint density at radius 2 is 1.73 bits per heavy atom. The number of carbonyl (C=O) groups excluding carboxylic acids is 1. The Morgan fingerprint density at radius 1 is 1.02 bits per heavy atom. The molecule has 2 fully saturated rings. The summed E-state index contributed by atoms with van der Waals surface area (Å²) in [5, 5.41) is 29.3. The molecule has 3 N–H and O–H groups in total. The standard InChI is InChI=1S/C32H31F4N7O6/c33-24-12-21-26(43(20-5-6-20)16-22(29(21)45)30(46)47)13-27(24)41-9-7-40(8-10-41)14-19-15-42(39-38-19)17-28(44)37-25(31(48)49)11-18-3-1-2-4-23(18)32(34,35)36/h1-4,12-13,15-16,20,25H,5-11,14,17H2,(H,37,44)(H,46,47)(H,48,49)/t25-/m0/s1. The zero-order chi connectivity index (χ0) is 35.0. The second kappa shape index (κ2) is 13.3. The summed E-state index contributed by atoms with van der Waals surface area (Å²) >= 11 is 0. The van der Waals surface area contributed by atoms with Gasteiger partial charge in [-0.2, -0.15) is 13.2 Å². The molecule has 1 aliphatic heterocycles. The van der Waals surface area contributed by atoms with Crippen molar-refractivity contribution in [3.8, 4) is 0 Å². The second-order valence-electron chi connectivity index (χ2n) is 12.1. The summed E-state index contributed by atoms with van der Waals surface area (Å²) in [7, 11) is 0. The minimum Gasteiger partial charge on any atom is -0.480 e. The molecule has 258 valence electrons. The number of hydrogen-bond acceptors (Lipinski definition) is 8. The fourth-order valence-electron chi connectivity index (χ4n) is 6.05. The average Bonchev–Trinajstić information content (AvgIpc) is 3.80. The maximum absolute atomic E-state index is 15.3. The lowest BCUT2D eigenvalue weighted by molar-refractivity contribution is -0.143. The number of nitrogens with zero attached hydrogens (tertiary/aromatic N) is 6. The van der Waals surface area contributed by atoms with E-state index in [0.29, 0.717) is 49.6 Å². The molecule has 1 saturated heterocycles. The van der Waals surface area contributed by atoms with E-state index in [1.165, 1.54) is 35.3 Å². The smallest absolute Gasteiger partial charge is 0.416 e. The fourth-order valence-corrected chi connectivity index (χ4v) is 6.05. The third-order valence-electron chi connectivity index (χ3n) is 8.64. The highest BCUT2D eigenvalue weighted by atomic mass is 19.4. The van der Waals surface area contributed by atoms with Crippen LogP contribution < -0.4 is 15.6 Å². The zero-order valence-corrected chi connectivity index (χ0v) is 25.9. The molecule has 0 spiro atoms. The van der Waals surface area contributed by atoms with E-state index >= 15 is 4.39 Å². The van der Waals surface area contributed by atoms with Crippen LogP contribution in [0.15, 0.2) is 53.6 Å². The van der Waals surface area contributed by atoms with E-state index in [1.54, 1.807) is 10.6 Å². The maximum atomic E-state index is 15.3. The van der Waals surface area contributed by atoms with Crippen LogP contribution in [0.4, 0.5) is 23.2 Å². The lowest BCUT2D eigenvalue weighted by atomic mass is 9.99. The highest BCUT2D eigenvalue weighted by Gasteiger charge is 2.34. The van der Waals surface area contributed by atoms with Gasteiger partial charge in [0.2, 0.25) is 11.3 Å². The predicted octanol–water partition coefficient (Wildman–Crippen LogP) is 2.92. The summed E-state index contributed by atoms with van der Waals surface area (Å²) < 4.78 is 58.4. The van der Waals surface area contributed by atoms with Gasteiger partial charge in [0.25, 0.3) is 0 Å². The van der Waals surface area contributed by atoms with Gasteiger partial charge in [-0.3, -0.25) is 14.5 Å². The van der Waals surface area contributed by atoms with Crippen molar-refractivity contribution < 1.29 is 42.2 Å². The SMILES string of the molecule is O=C(Cn1cc(CN2CCN(c3cc4c(cc3F)c(=O)c(C(=O)O)cn4C3CC3)CC2)nn1)N[C@@H](Cc1ccccc1C(F)(F)F)C(=O)O. The number of halogens is 4. The van der Waals surface area contributed by atoms with E-state index in [4.69, 9.17) is 0 Å². The van der Waals surface area contributed by atoms with Crippen LogP contribution in [0.5, 0.6) is 0 Å². The van der Waals surface area contributed by atoms with Crippen LogP contribution in [0.3, 0.4) is 0 Å². The molecule has 1 aliphatic carbocycles. The Hall–Kier alpha value is -5.32. The number of hydrogen-bond donors (Lipinski definition) is 3. The van der Waals surface area contributed by atoms with Crippen molar-refractivity contribution >= 4 is 34.4 Å². The van der Waals surface area contributed by atoms with Gasteiger partial charge < -0.3 is 25.0 Å². The number of carbonyl (C=O) groups is 3. The largest absolute Gasteiger partial charge is 0.480 e. The summed E-state index contributed by atoms with van der Waals surface area (Å²) in [5.74, 6) is -4.25. The molecule has 0 bridgehead atoms. The molecule has 13 nitrogen and oxygen atoms in total. The highest BCUT2D eigenvalue weighted by molar-refractivity contribution is 5.93. The number of anilines is 1. The first-order valence-electron chi connectivity index (χ1n) is 15.4. The van der Waals surface area contributed by atoms with E-state index in [2.05, 4.69) is 15.6 Å². The molecule has 1 amide bonds. The lowest BCUT2D eigenvalue weighted by Crippen LogP contribution is -2.46. The van der Waals surface area contributed by atoms with Gasteiger partial charge in [0.15, 0.2) is 0 Å². The number of aromatic carboxylic acids is 1. The first kappa shape index (κ1) is 33.6. The molecule has 6 rings (SSSR count). The predicted molar refractivity (Wildman–Crippen MR) is 166 cm³/mol. The van der Waals surface area contributed by atoms with Crippen LogP contribution >= 0.6 is 0 Å². The van der Waals surface area contributed by atoms with E-state index < -0.39 is 65.4 Å². The second-order valence-corrected chi connectivity index (χ2v) is 12.1. The number of carboxylic acid groups (broad SMARTS) is 2. The Bertz CT molecular complexity index is 1980. The number of alkyl halides is 3. The van der Waals surface area contributed by atoms with Crippen LogP contribution in [-0.4, -0.2) is 84.7 Å². The molecule has 3 heterocycles. The van der Waals surface area contributed by atoms with Crippen LogP contribution in [0, 0.1) is 5.82 Å². The molecular formula is C32H31F4N7O6. The van der Waals surface area contributed by atoms with Crippen LogP contribution in [-0.2, 0) is 35.3 Å². The van der Waals surface area contributed by atoms with Gasteiger partial charge in [0.1, 0.15) is 24.0 Å². The Kier molecular flexibility index (Phi) is 9.11. The molecule has 17 heteroatoms. The van der Waals surface area contributed by atoms with Gasteiger partial charge in [-0.25, -0.2) is 18.7 Å². The van der Waals surface area contributed by atoms with E-state index in [0.717, 1.165) is 25.0 Å². The summed E-state index contributed by atoms with van der Waals surface area (Å²) in [6, 6.07) is 5.73. The van der Waals surface area contributed by atoms with Crippen molar-refractivity contribution in [3.63, 3.8) is 0 Å². The maximum Gasteiger partial charge on any atom is 0.416 e. The minimum absolute atomic E-state index is 0.0220. The number of amides is 1. The van der Waals surface area contributed by atoms with Gasteiger partial charge in [-0.1, -0.05) is 23.4 Å². The third-order valence-corrected chi connectivity index (χ3v) is 8.64. The molecule has 49 heavy (non-hydrogen) atoms. The van der Waals surface area contributed by atoms with Gasteiger partial charge >= 0.3 is 18.1 Å². The van der Waals surface area contributed by atoms with E-state index in [9.17, 15) is 42.6 Å². The number of fused-ring (bicyclic) bond motifs is 1. The molecule has 2 aliphatic rings. The quantitative estimate of drug-likeness (QED) is 0.200. The molecule has 4 aromatic rings. The van der Waals surface area contributed by atoms with E-state index in [-0.39, 0.29) is 17.0 Å². The van der Waals surface area contributed by atoms with Crippen molar-refractivity contribution in [3.05, 3.63) is 87.2 Å². The number of rotatable bonds is 11. The number of nitrogens with one attached hydrogen (secondary N) is 1. The Morgan fingerprint density at radius 3 is 2.39 bits per heavy atom. The Balaban J connectivity index is 1.06. The molecule has 2 aromatic heterocycles. The normalized spacial score (nSPS) is 16.1. The summed E-state index contributed by atoms with van der Waals surface area (Å²) in [5.41, 5.74) is -1.06. The van der Waals surface area contributed by atoms with Crippen LogP contribution in [0.25, 0.3) is 10.9 Å². The van der Waals surface area contributed by atoms with Crippen molar-refractivity contribution in [2.75, 3.05) is 31.1 Å². The zero-order valence-electron chi connectivity index (χ0n) is 25.9. The van der Waals surface area contributed by atoms with Crippen molar-refractivity contribution in [1.82, 2.24) is 29.8 Å². The van der Waals surface area contributed by atoms with Gasteiger partial charge in [-0.05, 0) is 36.6 Å². The van der Waals surface area contributed by atoms with Crippen LogP contribution in [0.1, 0.15) is 46.1 Å². The fraction of sp³-hybridized carbons (Fsp3) is 0.375. The molecule has 1 saturated carbocycles. The molecule has 0 radical (unpaired) electrons. The molecule has 0 unspecified atom stereocenters. The highest BCUT2D eigenvalue weighted by Crippen LogP contribution is 2.38. The summed E-state index contributed by atoms with van der Waals surface area (Å²) in [6.07, 6.45) is -0.741. The van der Waals surface area contributed by atoms with Gasteiger partial charge in [0, 0.05) is 56.8 Å². The molecular weight excluding hydrogens is 654 g/mol. The first-order chi connectivity index (χ1) is 23.3. The monoisotopic (exact) mass is 685 g/mol. The van der Waals surface area contributed by atoms with Crippen molar-refractivity contribution in [2.24, 2.45) is 0 Å². The number of aromatic nitrogens is 4. The van der Waals surface area contributed by atoms with E-state index in [1.807, 2.05) is 9.80 Å². The van der Waals surface area contributed by atoms with Gasteiger partial charge in [0.05, 0.1) is 28.7 Å². The molecule has 1 atom stereocenters. The number of piperazine rings is 1. The first-order valence-corrected chi connectivity index (χ1v) is 15.4. The van der Waals surface area contributed by atoms with Crippen LogP contribution in [0.2, 0.25) is 0 Å². The van der Waals surface area contributed by atoms with Crippen molar-refractivity contribution in [1.29, 1.82) is 0 Å². The third kappa shape index (κ3) is 7.40. The number of benzene rings is 2. The van der Waals surface area contributed by atoms with Crippen molar-refractivity contribution in [2.45, 2.75) is 50.6 Å². The summed E-state index contributed by atoms with van der Waals surface area (Å²) in [6.45, 7) is 1.84. The van der Waals surface area contributed by atoms with Gasteiger partial charge in [-0.15, -0.1) is 5.10 Å². The number of carboxylic acids is 2. The number of aliphatic carboxylic acids is 1. The lowest BCUT2D eigenvalue weighted by Gasteiger charge is -2.36. The Labute approximate surface area is 275 Å².